The molecule has 2 unspecified atom stereocenters. The second-order valence-electron chi connectivity index (χ2n) is 16.1. The summed E-state index contributed by atoms with van der Waals surface area (Å²) in [6.45, 7) is 18.3. The average Bonchev–Trinajstić information content (AvgIpc) is 3.37. The molecule has 4 aliphatic rings. The lowest BCUT2D eigenvalue weighted by atomic mass is 9.76. The van der Waals surface area contributed by atoms with Crippen LogP contribution in [0.15, 0.2) is 0 Å². The number of likely N-dealkylation sites (N-methyl/N-ethyl adjacent to an activating group) is 1. The number of aliphatic hydroxyl groups is 4. The third kappa shape index (κ3) is 8.02. The molecule has 0 amide bonds. The number of esters is 1. The van der Waals surface area contributed by atoms with Crippen LogP contribution in [0.4, 0.5) is 0 Å². The predicted molar refractivity (Wildman–Crippen MR) is 179 cm³/mol. The molecule has 4 heterocycles. The molecular weight excluding hydrogens is 638 g/mol. The van der Waals surface area contributed by atoms with Crippen molar-refractivity contribution in [2.45, 2.75) is 185 Å². The molecule has 0 aromatic rings. The fourth-order valence-corrected chi connectivity index (χ4v) is 9.00. The molecule has 286 valence electrons. The van der Waals surface area contributed by atoms with Gasteiger partial charge in [-0.15, -0.1) is 0 Å². The Morgan fingerprint density at radius 1 is 1.04 bits per heavy atom. The molecule has 0 aromatic carbocycles. The molecule has 49 heavy (non-hydrogen) atoms. The molecule has 0 aromatic heterocycles. The quantitative estimate of drug-likeness (QED) is 0.222. The maximum Gasteiger partial charge on any atom is 0.311 e. The fourth-order valence-electron chi connectivity index (χ4n) is 9.00. The molecule has 4 rings (SSSR count). The molecule has 0 radical (unpaired) electrons. The summed E-state index contributed by atoms with van der Waals surface area (Å²) in [5.41, 5.74) is -3.72. The molecule has 0 spiro atoms. The topological polar surface area (TPSA) is 175 Å². The Morgan fingerprint density at radius 3 is 2.29 bits per heavy atom. The van der Waals surface area contributed by atoms with Gasteiger partial charge < -0.3 is 58.9 Å². The standard InChI is InChI=1S/C36H65NO12/c1-13-24(38)36(10,42)31-19(4)27-17(2)15-35(9,49-27)30(48-33-26(39)23(37-11)14-18(3)44-33)20(5)28(21(6)32(41)47-31)46-25-16-34(8,43-12)29(40)22(7)45-25/h17-31,33,37-40,42H,13-16H2,1-12H3/t17?,18-,19+,20+,21-,22+,23+,24-,25+,26-,27?,28+,29+,30-,31-,33+,34-,35-,36-/m1/s1. The van der Waals surface area contributed by atoms with Crippen LogP contribution in [-0.4, -0.2) is 131 Å². The summed E-state index contributed by atoms with van der Waals surface area (Å²) in [5, 5.41) is 48.1. The van der Waals surface area contributed by atoms with E-state index in [-0.39, 0.29) is 30.9 Å². The van der Waals surface area contributed by atoms with Gasteiger partial charge in [0.15, 0.2) is 12.6 Å². The van der Waals surface area contributed by atoms with E-state index < -0.39 is 102 Å². The maximum absolute atomic E-state index is 14.2. The number of fused-ring (bicyclic) bond motifs is 2. The first-order chi connectivity index (χ1) is 22.7. The lowest BCUT2D eigenvalue weighted by Gasteiger charge is -2.48. The van der Waals surface area contributed by atoms with Crippen molar-refractivity contribution in [3.8, 4) is 0 Å². The Kier molecular flexibility index (Phi) is 13.0. The highest BCUT2D eigenvalue weighted by Gasteiger charge is 2.58. The number of carbonyl (C=O) groups is 1. The molecule has 2 bridgehead atoms. The average molecular weight is 704 g/mol. The molecule has 19 atom stereocenters. The number of nitrogens with one attached hydrogen (secondary N) is 1. The first kappa shape index (κ1) is 40.8. The van der Waals surface area contributed by atoms with Crippen LogP contribution in [0.1, 0.15) is 94.9 Å². The Labute approximate surface area is 292 Å². The molecule has 4 saturated heterocycles. The van der Waals surface area contributed by atoms with Crippen molar-refractivity contribution in [3.05, 3.63) is 0 Å². The minimum Gasteiger partial charge on any atom is -0.459 e. The van der Waals surface area contributed by atoms with Gasteiger partial charge in [0.05, 0.1) is 53.7 Å². The van der Waals surface area contributed by atoms with Crippen LogP contribution in [0.5, 0.6) is 0 Å². The van der Waals surface area contributed by atoms with Crippen LogP contribution < -0.4 is 5.32 Å². The molecule has 0 aliphatic carbocycles. The lowest BCUT2D eigenvalue weighted by Crippen LogP contribution is -2.60. The van der Waals surface area contributed by atoms with Gasteiger partial charge in [0.2, 0.25) is 0 Å². The number of rotatable bonds is 9. The summed E-state index contributed by atoms with van der Waals surface area (Å²) >= 11 is 0. The highest BCUT2D eigenvalue weighted by Crippen LogP contribution is 2.48. The van der Waals surface area contributed by atoms with Crippen LogP contribution >= 0.6 is 0 Å². The van der Waals surface area contributed by atoms with Crippen molar-refractivity contribution in [1.29, 1.82) is 0 Å². The van der Waals surface area contributed by atoms with E-state index in [9.17, 15) is 25.2 Å². The first-order valence-electron chi connectivity index (χ1n) is 18.2. The molecular formula is C36H65NO12. The first-order valence-corrected chi connectivity index (χ1v) is 18.2. The van der Waals surface area contributed by atoms with Gasteiger partial charge in [0.1, 0.15) is 23.9 Å². The van der Waals surface area contributed by atoms with E-state index in [1.807, 2.05) is 27.7 Å². The van der Waals surface area contributed by atoms with E-state index in [2.05, 4.69) is 12.2 Å². The van der Waals surface area contributed by atoms with Gasteiger partial charge >= 0.3 is 5.97 Å². The normalized spacial score (nSPS) is 50.2. The zero-order chi connectivity index (χ0) is 36.8. The van der Waals surface area contributed by atoms with Gasteiger partial charge in [-0.1, -0.05) is 27.7 Å². The SMILES string of the molecule is CC[C@@H](O)[C@@](C)(O)[C@@H]1OC(=O)[C@H](C)[C@@H](O[C@H]2C[C@@](C)(OC)[C@@H](O)[C@H](C)O2)[C@H](C)[C@@H](O[C@@H]2O[C@H](C)C[C@H](NC)[C@H]2O)[C@@]2(C)CC(C)C(O2)[C@@H]1C. The largest absolute Gasteiger partial charge is 0.459 e. The Hall–Kier alpha value is -0.970. The number of hydrogen-bond donors (Lipinski definition) is 5. The number of cyclic esters (lactones) is 1. The summed E-state index contributed by atoms with van der Waals surface area (Å²) in [6, 6.07) is -0.264. The maximum atomic E-state index is 14.2. The number of methoxy groups -OCH3 is 1. The van der Waals surface area contributed by atoms with E-state index >= 15 is 0 Å². The molecule has 4 aliphatic heterocycles. The van der Waals surface area contributed by atoms with Crippen LogP contribution in [0.2, 0.25) is 0 Å². The van der Waals surface area contributed by atoms with Gasteiger partial charge in [-0.05, 0) is 73.8 Å². The predicted octanol–water partition coefficient (Wildman–Crippen LogP) is 2.28. The van der Waals surface area contributed by atoms with Crippen molar-refractivity contribution in [1.82, 2.24) is 5.32 Å². The summed E-state index contributed by atoms with van der Waals surface area (Å²) in [4.78, 5) is 14.2. The van der Waals surface area contributed by atoms with Gasteiger partial charge in [-0.3, -0.25) is 4.79 Å². The van der Waals surface area contributed by atoms with Gasteiger partial charge in [0, 0.05) is 31.4 Å². The second kappa shape index (κ2) is 15.6. The van der Waals surface area contributed by atoms with Crippen LogP contribution in [0.25, 0.3) is 0 Å². The smallest absolute Gasteiger partial charge is 0.311 e. The van der Waals surface area contributed by atoms with Crippen molar-refractivity contribution < 1.29 is 58.4 Å². The summed E-state index contributed by atoms with van der Waals surface area (Å²) in [6.07, 6.45) is -7.41. The van der Waals surface area contributed by atoms with Gasteiger partial charge in [-0.2, -0.15) is 0 Å². The van der Waals surface area contributed by atoms with Gasteiger partial charge in [0.25, 0.3) is 0 Å². The van der Waals surface area contributed by atoms with Crippen LogP contribution in [-0.2, 0) is 38.0 Å². The van der Waals surface area contributed by atoms with Crippen molar-refractivity contribution in [2.24, 2.45) is 23.7 Å². The van der Waals surface area contributed by atoms with E-state index in [1.165, 1.54) is 14.0 Å². The van der Waals surface area contributed by atoms with Crippen molar-refractivity contribution in [3.63, 3.8) is 0 Å². The zero-order valence-corrected chi connectivity index (χ0v) is 31.6. The zero-order valence-electron chi connectivity index (χ0n) is 31.6. The third-order valence-corrected chi connectivity index (χ3v) is 12.1. The van der Waals surface area contributed by atoms with E-state index in [0.717, 1.165) is 0 Å². The van der Waals surface area contributed by atoms with E-state index in [4.69, 9.17) is 33.2 Å². The van der Waals surface area contributed by atoms with Crippen molar-refractivity contribution in [2.75, 3.05) is 14.2 Å². The van der Waals surface area contributed by atoms with Gasteiger partial charge in [-0.25, -0.2) is 0 Å². The summed E-state index contributed by atoms with van der Waals surface area (Å²) in [5.74, 6) is -2.67. The molecule has 13 nitrogen and oxygen atoms in total. The lowest BCUT2D eigenvalue weighted by molar-refractivity contribution is -0.316. The number of ether oxygens (including phenoxy) is 7. The highest BCUT2D eigenvalue weighted by atomic mass is 16.7. The van der Waals surface area contributed by atoms with E-state index in [1.54, 1.807) is 34.7 Å². The number of carbonyl (C=O) groups excluding carboxylic acids is 1. The number of hydrogen-bond acceptors (Lipinski definition) is 13. The number of aliphatic hydroxyl groups excluding tert-OH is 3. The minimum absolute atomic E-state index is 0.0575. The molecule has 5 N–H and O–H groups in total. The second-order valence-corrected chi connectivity index (χ2v) is 16.1. The molecule has 4 fully saturated rings. The Balaban J connectivity index is 1.82. The Bertz CT molecular complexity index is 1110. The highest BCUT2D eigenvalue weighted by molar-refractivity contribution is 5.73. The minimum atomic E-state index is -1.78. The monoisotopic (exact) mass is 703 g/mol. The fraction of sp³-hybridized carbons (Fsp3) is 0.972. The van der Waals surface area contributed by atoms with E-state index in [0.29, 0.717) is 12.8 Å². The molecule has 0 saturated carbocycles. The van der Waals surface area contributed by atoms with Crippen LogP contribution in [0, 0.1) is 23.7 Å². The third-order valence-electron chi connectivity index (χ3n) is 12.1. The summed E-state index contributed by atoms with van der Waals surface area (Å²) < 4.78 is 44.9. The molecule has 13 heteroatoms. The van der Waals surface area contributed by atoms with Crippen LogP contribution in [0.3, 0.4) is 0 Å². The van der Waals surface area contributed by atoms with Crippen molar-refractivity contribution >= 4 is 5.97 Å². The Morgan fingerprint density at radius 2 is 1.69 bits per heavy atom. The summed E-state index contributed by atoms with van der Waals surface area (Å²) in [7, 11) is 3.32.